The van der Waals surface area contributed by atoms with Crippen molar-refractivity contribution >= 4 is 5.91 Å². The molecule has 26 heavy (non-hydrogen) atoms. The fraction of sp³-hybridized carbons (Fsp3) is 0.429. The predicted molar refractivity (Wildman–Crippen MR) is 101 cm³/mol. The molecule has 1 aliphatic heterocycles. The molecule has 0 spiro atoms. The Morgan fingerprint density at radius 3 is 2.65 bits per heavy atom. The predicted octanol–water partition coefficient (Wildman–Crippen LogP) is 2.17. The van der Waals surface area contributed by atoms with Gasteiger partial charge in [-0.3, -0.25) is 14.7 Å². The standard InChI is InChI=1S/C21H27N3O2/c1-17-13-23(14-18-6-3-2-4-7-18)16-20(17)21(26)24(10-11-25)15-19-8-5-9-22-12-19/h2-9,12,17,20,25H,10-11,13-16H2,1H3/t17-,20-/m1/s1. The van der Waals surface area contributed by atoms with Crippen molar-refractivity contribution in [3.05, 3.63) is 66.0 Å². The minimum atomic E-state index is -0.0270. The number of amides is 1. The first kappa shape index (κ1) is 18.5. The molecule has 3 rings (SSSR count). The summed E-state index contributed by atoms with van der Waals surface area (Å²) >= 11 is 0. The van der Waals surface area contributed by atoms with E-state index in [2.05, 4.69) is 28.9 Å². The average Bonchev–Trinajstić information content (AvgIpc) is 3.02. The highest BCUT2D eigenvalue weighted by atomic mass is 16.3. The molecule has 1 amide bonds. The fourth-order valence-electron chi connectivity index (χ4n) is 3.69. The molecule has 1 aromatic heterocycles. The number of hydrogen-bond acceptors (Lipinski definition) is 4. The second-order valence-corrected chi connectivity index (χ2v) is 7.11. The van der Waals surface area contributed by atoms with Crippen LogP contribution in [0.25, 0.3) is 0 Å². The third-order valence-corrected chi connectivity index (χ3v) is 5.03. The van der Waals surface area contributed by atoms with Gasteiger partial charge < -0.3 is 10.0 Å². The van der Waals surface area contributed by atoms with Crippen LogP contribution in [0.5, 0.6) is 0 Å². The normalized spacial score (nSPS) is 20.2. The molecule has 0 radical (unpaired) electrons. The summed E-state index contributed by atoms with van der Waals surface area (Å²) in [5.41, 5.74) is 2.26. The van der Waals surface area contributed by atoms with Crippen LogP contribution in [0.3, 0.4) is 0 Å². The van der Waals surface area contributed by atoms with Gasteiger partial charge in [0.2, 0.25) is 5.91 Å². The van der Waals surface area contributed by atoms with Crippen LogP contribution in [0.2, 0.25) is 0 Å². The number of pyridine rings is 1. The lowest BCUT2D eigenvalue weighted by atomic mass is 9.96. The van der Waals surface area contributed by atoms with Gasteiger partial charge >= 0.3 is 0 Å². The number of hydrogen-bond donors (Lipinski definition) is 1. The molecule has 1 aromatic carbocycles. The molecule has 0 aliphatic carbocycles. The zero-order valence-corrected chi connectivity index (χ0v) is 15.3. The Morgan fingerprint density at radius 2 is 1.96 bits per heavy atom. The number of likely N-dealkylation sites (tertiary alicyclic amines) is 1. The van der Waals surface area contributed by atoms with E-state index in [1.54, 1.807) is 17.3 Å². The van der Waals surface area contributed by atoms with E-state index in [1.165, 1.54) is 5.56 Å². The van der Waals surface area contributed by atoms with Crippen molar-refractivity contribution in [1.29, 1.82) is 0 Å². The van der Waals surface area contributed by atoms with Gasteiger partial charge in [0.05, 0.1) is 12.5 Å². The van der Waals surface area contributed by atoms with Crippen LogP contribution in [-0.2, 0) is 17.9 Å². The summed E-state index contributed by atoms with van der Waals surface area (Å²) in [4.78, 5) is 21.4. The van der Waals surface area contributed by atoms with E-state index in [4.69, 9.17) is 0 Å². The minimum Gasteiger partial charge on any atom is -0.395 e. The van der Waals surface area contributed by atoms with Gasteiger partial charge in [-0.05, 0) is 23.1 Å². The van der Waals surface area contributed by atoms with Gasteiger partial charge in [0.15, 0.2) is 0 Å². The Morgan fingerprint density at radius 1 is 1.19 bits per heavy atom. The summed E-state index contributed by atoms with van der Waals surface area (Å²) in [7, 11) is 0. The van der Waals surface area contributed by atoms with E-state index in [9.17, 15) is 9.90 Å². The maximum Gasteiger partial charge on any atom is 0.227 e. The van der Waals surface area contributed by atoms with Gasteiger partial charge in [-0.1, -0.05) is 43.3 Å². The Kier molecular flexibility index (Phi) is 6.36. The van der Waals surface area contributed by atoms with Crippen LogP contribution in [-0.4, -0.2) is 52.0 Å². The van der Waals surface area contributed by atoms with Crippen molar-refractivity contribution < 1.29 is 9.90 Å². The maximum atomic E-state index is 13.1. The topological polar surface area (TPSA) is 56.7 Å². The summed E-state index contributed by atoms with van der Waals surface area (Å²) in [6.07, 6.45) is 3.50. The monoisotopic (exact) mass is 353 g/mol. The minimum absolute atomic E-state index is 0.0260. The number of aromatic nitrogens is 1. The maximum absolute atomic E-state index is 13.1. The van der Waals surface area contributed by atoms with Crippen molar-refractivity contribution in [1.82, 2.24) is 14.8 Å². The summed E-state index contributed by atoms with van der Waals surface area (Å²) in [6, 6.07) is 14.2. The van der Waals surface area contributed by atoms with Crippen molar-refractivity contribution in [2.24, 2.45) is 11.8 Å². The molecule has 0 saturated carbocycles. The first-order valence-electron chi connectivity index (χ1n) is 9.22. The van der Waals surface area contributed by atoms with E-state index in [-0.39, 0.29) is 18.4 Å². The lowest BCUT2D eigenvalue weighted by molar-refractivity contribution is -0.137. The quantitative estimate of drug-likeness (QED) is 0.829. The summed E-state index contributed by atoms with van der Waals surface area (Å²) in [5, 5.41) is 9.40. The number of aliphatic hydroxyl groups is 1. The number of nitrogens with zero attached hydrogens (tertiary/aromatic N) is 3. The van der Waals surface area contributed by atoms with Gasteiger partial charge in [-0.25, -0.2) is 0 Å². The van der Waals surface area contributed by atoms with Crippen LogP contribution in [0, 0.1) is 11.8 Å². The molecular formula is C21H27N3O2. The molecule has 2 atom stereocenters. The lowest BCUT2D eigenvalue weighted by Crippen LogP contribution is -2.40. The third kappa shape index (κ3) is 4.68. The first-order valence-corrected chi connectivity index (χ1v) is 9.22. The van der Waals surface area contributed by atoms with Crippen LogP contribution in [0.4, 0.5) is 0 Å². The lowest BCUT2D eigenvalue weighted by Gasteiger charge is -2.26. The van der Waals surface area contributed by atoms with Crippen molar-refractivity contribution in [3.8, 4) is 0 Å². The molecule has 1 fully saturated rings. The van der Waals surface area contributed by atoms with Crippen LogP contribution >= 0.6 is 0 Å². The number of benzene rings is 1. The van der Waals surface area contributed by atoms with Crippen LogP contribution in [0.15, 0.2) is 54.9 Å². The molecule has 1 N–H and O–H groups in total. The Bertz CT molecular complexity index is 693. The second-order valence-electron chi connectivity index (χ2n) is 7.11. The largest absolute Gasteiger partial charge is 0.395 e. The van der Waals surface area contributed by atoms with Gasteiger partial charge in [0.1, 0.15) is 0 Å². The molecular weight excluding hydrogens is 326 g/mol. The van der Waals surface area contributed by atoms with Crippen LogP contribution < -0.4 is 0 Å². The van der Waals surface area contributed by atoms with E-state index in [0.29, 0.717) is 19.0 Å². The van der Waals surface area contributed by atoms with Crippen molar-refractivity contribution in [2.75, 3.05) is 26.2 Å². The molecule has 1 aliphatic rings. The zero-order valence-electron chi connectivity index (χ0n) is 15.3. The van der Waals surface area contributed by atoms with E-state index >= 15 is 0 Å². The highest BCUT2D eigenvalue weighted by Gasteiger charge is 2.36. The van der Waals surface area contributed by atoms with E-state index in [1.807, 2.05) is 30.3 Å². The van der Waals surface area contributed by atoms with Gasteiger partial charge in [0, 0.05) is 45.1 Å². The molecule has 0 unspecified atom stereocenters. The average molecular weight is 353 g/mol. The number of carbonyl (C=O) groups is 1. The molecule has 2 aromatic rings. The third-order valence-electron chi connectivity index (χ3n) is 5.03. The molecule has 0 bridgehead atoms. The first-order chi connectivity index (χ1) is 12.7. The number of carbonyl (C=O) groups excluding carboxylic acids is 1. The second kappa shape index (κ2) is 8.92. The molecule has 1 saturated heterocycles. The van der Waals surface area contributed by atoms with Crippen molar-refractivity contribution in [3.63, 3.8) is 0 Å². The van der Waals surface area contributed by atoms with Gasteiger partial charge in [-0.15, -0.1) is 0 Å². The Hall–Kier alpha value is -2.24. The van der Waals surface area contributed by atoms with E-state index < -0.39 is 0 Å². The fourth-order valence-corrected chi connectivity index (χ4v) is 3.69. The van der Waals surface area contributed by atoms with Gasteiger partial charge in [-0.2, -0.15) is 0 Å². The Balaban J connectivity index is 1.64. The van der Waals surface area contributed by atoms with Crippen molar-refractivity contribution in [2.45, 2.75) is 20.0 Å². The number of rotatable bonds is 7. The van der Waals surface area contributed by atoms with Gasteiger partial charge in [0.25, 0.3) is 0 Å². The Labute approximate surface area is 155 Å². The summed E-state index contributed by atoms with van der Waals surface area (Å²) in [5.74, 6) is 0.411. The summed E-state index contributed by atoms with van der Waals surface area (Å²) in [6.45, 7) is 5.53. The molecule has 5 nitrogen and oxygen atoms in total. The number of aliphatic hydroxyl groups excluding tert-OH is 1. The molecule has 2 heterocycles. The summed E-state index contributed by atoms with van der Waals surface area (Å²) < 4.78 is 0. The highest BCUT2D eigenvalue weighted by molar-refractivity contribution is 5.79. The smallest absolute Gasteiger partial charge is 0.227 e. The SMILES string of the molecule is C[C@@H]1CN(Cc2ccccc2)C[C@H]1C(=O)N(CCO)Cc1cccnc1. The zero-order chi connectivity index (χ0) is 18.4. The molecule has 5 heteroatoms. The van der Waals surface area contributed by atoms with E-state index in [0.717, 1.165) is 25.2 Å². The molecule has 138 valence electrons. The highest BCUT2D eigenvalue weighted by Crippen LogP contribution is 2.27. The van der Waals surface area contributed by atoms with Crippen LogP contribution in [0.1, 0.15) is 18.1 Å².